The van der Waals surface area contributed by atoms with Crippen LogP contribution >= 0.6 is 0 Å². The Kier molecular flexibility index (Phi) is 4.18. The van der Waals surface area contributed by atoms with E-state index < -0.39 is 16.0 Å². The predicted octanol–water partition coefficient (Wildman–Crippen LogP) is 2.31. The van der Waals surface area contributed by atoms with E-state index in [1.807, 2.05) is 0 Å². The molecular formula is C15H17NO3S. The maximum Gasteiger partial charge on any atom is 0.242 e. The van der Waals surface area contributed by atoms with Crippen LogP contribution in [0, 0.1) is 0 Å². The van der Waals surface area contributed by atoms with Gasteiger partial charge in [-0.3, -0.25) is 13.8 Å². The molecule has 1 aliphatic heterocycles. The van der Waals surface area contributed by atoms with Gasteiger partial charge < -0.3 is 4.90 Å². The highest BCUT2D eigenvalue weighted by atomic mass is 32.2. The van der Waals surface area contributed by atoms with E-state index in [4.69, 9.17) is 0 Å². The van der Waals surface area contributed by atoms with Crippen LogP contribution in [0.25, 0.3) is 0 Å². The second-order valence-electron chi connectivity index (χ2n) is 4.75. The topological polar surface area (TPSA) is 54.5 Å². The predicted molar refractivity (Wildman–Crippen MR) is 79.5 cm³/mol. The van der Waals surface area contributed by atoms with Gasteiger partial charge in [-0.15, -0.1) is 6.58 Å². The lowest BCUT2D eigenvalue weighted by atomic mass is 10.1. The van der Waals surface area contributed by atoms with E-state index in [1.165, 1.54) is 6.92 Å². The van der Waals surface area contributed by atoms with Crippen molar-refractivity contribution in [2.45, 2.75) is 30.4 Å². The lowest BCUT2D eigenvalue weighted by Gasteiger charge is -2.32. The molecule has 2 unspecified atom stereocenters. The molecule has 5 heteroatoms. The Morgan fingerprint density at radius 3 is 2.80 bits per heavy atom. The Morgan fingerprint density at radius 1 is 1.50 bits per heavy atom. The van der Waals surface area contributed by atoms with E-state index >= 15 is 0 Å². The molecule has 0 radical (unpaired) electrons. The molecule has 2 atom stereocenters. The summed E-state index contributed by atoms with van der Waals surface area (Å²) >= 11 is 0. The zero-order valence-electron chi connectivity index (χ0n) is 11.6. The van der Waals surface area contributed by atoms with Crippen molar-refractivity contribution < 1.29 is 13.8 Å². The molecule has 0 aliphatic carbocycles. The molecule has 0 saturated heterocycles. The van der Waals surface area contributed by atoms with Gasteiger partial charge in [0.15, 0.2) is 5.78 Å². The highest BCUT2D eigenvalue weighted by Crippen LogP contribution is 2.33. The zero-order chi connectivity index (χ0) is 14.9. The summed E-state index contributed by atoms with van der Waals surface area (Å²) in [5.74, 6) is -0.222. The van der Waals surface area contributed by atoms with Crippen LogP contribution in [0.1, 0.15) is 30.6 Å². The molecule has 0 saturated carbocycles. The number of fused-ring (bicyclic) bond motifs is 1. The molecule has 1 aromatic rings. The molecule has 0 bridgehead atoms. The third-order valence-electron chi connectivity index (χ3n) is 3.37. The minimum Gasteiger partial charge on any atom is -0.310 e. The summed E-state index contributed by atoms with van der Waals surface area (Å²) in [6.45, 7) is 7.29. The molecular weight excluding hydrogens is 274 g/mol. The lowest BCUT2D eigenvalue weighted by molar-refractivity contribution is -0.118. The van der Waals surface area contributed by atoms with Gasteiger partial charge in [0.25, 0.3) is 0 Å². The van der Waals surface area contributed by atoms with Gasteiger partial charge in [0.2, 0.25) is 5.91 Å². The molecule has 2 rings (SSSR count). The van der Waals surface area contributed by atoms with E-state index in [9.17, 15) is 13.8 Å². The van der Waals surface area contributed by atoms with E-state index in [-0.39, 0.29) is 11.7 Å². The highest BCUT2D eigenvalue weighted by Gasteiger charge is 2.35. The number of benzene rings is 1. The standard InChI is InChI=1S/C15H17NO3S/c1-4-5-8-16-13-7-6-12(10(2)17)9-14(13)20(19)11(3)15(16)18/h4,6-7,9,11H,1,5,8H2,2-3H3. The van der Waals surface area contributed by atoms with E-state index in [0.29, 0.717) is 29.1 Å². The first-order valence-corrected chi connectivity index (χ1v) is 7.66. The first-order chi connectivity index (χ1) is 9.47. The van der Waals surface area contributed by atoms with Crippen LogP contribution in [0.15, 0.2) is 35.7 Å². The summed E-state index contributed by atoms with van der Waals surface area (Å²) in [6, 6.07) is 5.01. The van der Waals surface area contributed by atoms with Gasteiger partial charge in [0.05, 0.1) is 21.4 Å². The summed E-state index contributed by atoms with van der Waals surface area (Å²) in [7, 11) is -1.41. The molecule has 0 aromatic heterocycles. The van der Waals surface area contributed by atoms with Gasteiger partial charge in [-0.2, -0.15) is 0 Å². The number of amides is 1. The van der Waals surface area contributed by atoms with Crippen molar-refractivity contribution in [1.82, 2.24) is 0 Å². The molecule has 0 fully saturated rings. The number of carbonyl (C=O) groups is 2. The van der Waals surface area contributed by atoms with Gasteiger partial charge >= 0.3 is 0 Å². The summed E-state index contributed by atoms with van der Waals surface area (Å²) < 4.78 is 12.4. The average Bonchev–Trinajstić information content (AvgIpc) is 2.44. The van der Waals surface area contributed by atoms with Gasteiger partial charge in [0, 0.05) is 12.1 Å². The first kappa shape index (κ1) is 14.7. The highest BCUT2D eigenvalue weighted by molar-refractivity contribution is 7.86. The minimum atomic E-state index is -1.41. The number of anilines is 1. The Balaban J connectivity index is 2.52. The Morgan fingerprint density at radius 2 is 2.20 bits per heavy atom. The second kappa shape index (κ2) is 5.71. The maximum absolute atomic E-state index is 12.4. The quantitative estimate of drug-likeness (QED) is 0.632. The third-order valence-corrected chi connectivity index (χ3v) is 4.97. The SMILES string of the molecule is C=CCCN1C(=O)C(C)S(=O)c2cc(C(C)=O)ccc21. The fourth-order valence-electron chi connectivity index (χ4n) is 2.19. The average molecular weight is 291 g/mol. The smallest absolute Gasteiger partial charge is 0.242 e. The molecule has 1 heterocycles. The van der Waals surface area contributed by atoms with Crippen LogP contribution in [0.3, 0.4) is 0 Å². The number of carbonyl (C=O) groups excluding carboxylic acids is 2. The van der Waals surface area contributed by atoms with Crippen molar-refractivity contribution in [2.24, 2.45) is 0 Å². The first-order valence-electron chi connectivity index (χ1n) is 6.45. The van der Waals surface area contributed by atoms with Crippen molar-refractivity contribution in [1.29, 1.82) is 0 Å². The number of hydrogen-bond acceptors (Lipinski definition) is 3. The van der Waals surface area contributed by atoms with Gasteiger partial charge in [0.1, 0.15) is 5.25 Å². The van der Waals surface area contributed by atoms with Crippen LogP contribution in [-0.4, -0.2) is 27.7 Å². The monoisotopic (exact) mass is 291 g/mol. The Labute approximate surface area is 120 Å². The summed E-state index contributed by atoms with van der Waals surface area (Å²) in [4.78, 5) is 25.9. The van der Waals surface area contributed by atoms with Crippen molar-refractivity contribution in [2.75, 3.05) is 11.4 Å². The van der Waals surface area contributed by atoms with Crippen molar-refractivity contribution >= 4 is 28.2 Å². The molecule has 0 N–H and O–H groups in total. The summed E-state index contributed by atoms with van der Waals surface area (Å²) in [5, 5.41) is -0.588. The van der Waals surface area contributed by atoms with E-state index in [2.05, 4.69) is 6.58 Å². The summed E-state index contributed by atoms with van der Waals surface area (Å²) in [6.07, 6.45) is 2.41. The van der Waals surface area contributed by atoms with Crippen LogP contribution in [-0.2, 0) is 15.6 Å². The Bertz CT molecular complexity index is 609. The number of nitrogens with zero attached hydrogens (tertiary/aromatic N) is 1. The molecule has 20 heavy (non-hydrogen) atoms. The molecule has 106 valence electrons. The summed E-state index contributed by atoms with van der Waals surface area (Å²) in [5.41, 5.74) is 1.15. The van der Waals surface area contributed by atoms with E-state index in [1.54, 1.807) is 36.1 Å². The molecule has 0 spiro atoms. The largest absolute Gasteiger partial charge is 0.310 e. The minimum absolute atomic E-state index is 0.0769. The van der Waals surface area contributed by atoms with E-state index in [0.717, 1.165) is 0 Å². The van der Waals surface area contributed by atoms with Crippen molar-refractivity contribution in [3.05, 3.63) is 36.4 Å². The molecule has 1 aromatic carbocycles. The normalized spacial score (nSPS) is 21.5. The lowest BCUT2D eigenvalue weighted by Crippen LogP contribution is -2.44. The van der Waals surface area contributed by atoms with Crippen LogP contribution in [0.4, 0.5) is 5.69 Å². The molecule has 1 amide bonds. The molecule has 4 nitrogen and oxygen atoms in total. The van der Waals surface area contributed by atoms with Gasteiger partial charge in [-0.05, 0) is 38.5 Å². The second-order valence-corrected chi connectivity index (χ2v) is 6.49. The van der Waals surface area contributed by atoms with Crippen molar-refractivity contribution in [3.63, 3.8) is 0 Å². The maximum atomic E-state index is 12.4. The fourth-order valence-corrected chi connectivity index (χ4v) is 3.51. The number of hydrogen-bond donors (Lipinski definition) is 0. The number of ketones is 1. The molecule has 1 aliphatic rings. The van der Waals surface area contributed by atoms with Crippen LogP contribution in [0.2, 0.25) is 0 Å². The Hall–Kier alpha value is -1.75. The fraction of sp³-hybridized carbons (Fsp3) is 0.333. The van der Waals surface area contributed by atoms with Crippen molar-refractivity contribution in [3.8, 4) is 0 Å². The zero-order valence-corrected chi connectivity index (χ0v) is 12.4. The number of rotatable bonds is 4. The van der Waals surface area contributed by atoms with Gasteiger partial charge in [-0.25, -0.2) is 0 Å². The third kappa shape index (κ3) is 2.45. The van der Waals surface area contributed by atoms with Crippen LogP contribution in [0.5, 0.6) is 0 Å². The van der Waals surface area contributed by atoms with Crippen LogP contribution < -0.4 is 4.90 Å². The number of Topliss-reactive ketones (excluding diaryl/α,β-unsaturated/α-hetero) is 1. The van der Waals surface area contributed by atoms with Gasteiger partial charge in [-0.1, -0.05) is 6.08 Å².